The zero-order chi connectivity index (χ0) is 35.9. The molecule has 0 aliphatic heterocycles. The zero-order valence-corrected chi connectivity index (χ0v) is 29.8. The van der Waals surface area contributed by atoms with Crippen LogP contribution in [0.4, 0.5) is 17.1 Å². The molecule has 4 heteroatoms. The number of furan rings is 3. The minimum absolute atomic E-state index is 0.864. The number of fused-ring (bicyclic) bond motifs is 9. The van der Waals surface area contributed by atoms with Gasteiger partial charge in [0.05, 0.1) is 0 Å². The third-order valence-corrected chi connectivity index (χ3v) is 10.7. The summed E-state index contributed by atoms with van der Waals surface area (Å²) in [6.07, 6.45) is 0. The molecule has 0 N–H and O–H groups in total. The van der Waals surface area contributed by atoms with Gasteiger partial charge in [-0.05, 0) is 132 Å². The van der Waals surface area contributed by atoms with Gasteiger partial charge in [0.1, 0.15) is 33.5 Å². The van der Waals surface area contributed by atoms with Crippen LogP contribution in [0.15, 0.2) is 177 Å². The fraction of sp³-hybridized carbons (Fsp3) is 0.0400. The fourth-order valence-electron chi connectivity index (χ4n) is 8.24. The molecule has 0 saturated carbocycles. The quantitative estimate of drug-likeness (QED) is 0.180. The van der Waals surface area contributed by atoms with E-state index in [0.717, 1.165) is 105 Å². The number of rotatable bonds is 5. The van der Waals surface area contributed by atoms with Crippen LogP contribution in [0.3, 0.4) is 0 Å². The first-order valence-corrected chi connectivity index (χ1v) is 18.3. The predicted octanol–water partition coefficient (Wildman–Crippen LogP) is 14.8. The van der Waals surface area contributed by atoms with Gasteiger partial charge in [-0.1, -0.05) is 78.9 Å². The Morgan fingerprint density at radius 1 is 0.296 bits per heavy atom. The summed E-state index contributed by atoms with van der Waals surface area (Å²) in [6, 6.07) is 58.0. The summed E-state index contributed by atoms with van der Waals surface area (Å²) in [4.78, 5) is 2.34. The van der Waals surface area contributed by atoms with Crippen molar-refractivity contribution in [3.8, 4) is 22.3 Å². The second kappa shape index (κ2) is 11.7. The topological polar surface area (TPSA) is 42.7 Å². The molecule has 0 saturated heterocycles. The predicted molar refractivity (Wildman–Crippen MR) is 223 cm³/mol. The van der Waals surface area contributed by atoms with Crippen molar-refractivity contribution in [2.75, 3.05) is 4.90 Å². The molecule has 8 aromatic carbocycles. The molecule has 11 rings (SSSR count). The van der Waals surface area contributed by atoms with E-state index in [1.807, 2.05) is 30.3 Å². The van der Waals surface area contributed by atoms with Gasteiger partial charge in [-0.15, -0.1) is 0 Å². The van der Waals surface area contributed by atoms with Gasteiger partial charge >= 0.3 is 0 Å². The van der Waals surface area contributed by atoms with Crippen LogP contribution in [-0.2, 0) is 0 Å². The van der Waals surface area contributed by atoms with E-state index in [2.05, 4.69) is 152 Å². The molecule has 0 aliphatic rings. The molecular weight excluding hydrogens is 663 g/mol. The van der Waals surface area contributed by atoms with Gasteiger partial charge in [0.25, 0.3) is 0 Å². The third-order valence-electron chi connectivity index (χ3n) is 10.7. The molecule has 0 unspecified atom stereocenters. The summed E-state index contributed by atoms with van der Waals surface area (Å²) >= 11 is 0. The van der Waals surface area contributed by atoms with E-state index in [1.165, 1.54) is 11.1 Å². The minimum Gasteiger partial charge on any atom is -0.456 e. The minimum atomic E-state index is 0.864. The number of para-hydroxylation sites is 2. The Kier molecular flexibility index (Phi) is 6.65. The van der Waals surface area contributed by atoms with Crippen molar-refractivity contribution in [3.63, 3.8) is 0 Å². The van der Waals surface area contributed by atoms with Crippen LogP contribution < -0.4 is 4.90 Å². The van der Waals surface area contributed by atoms with Crippen LogP contribution in [0.5, 0.6) is 0 Å². The van der Waals surface area contributed by atoms with Crippen molar-refractivity contribution >= 4 is 82.9 Å². The van der Waals surface area contributed by atoms with Crippen molar-refractivity contribution in [3.05, 3.63) is 175 Å². The van der Waals surface area contributed by atoms with Gasteiger partial charge in [0, 0.05) is 49.4 Å². The van der Waals surface area contributed by atoms with Crippen LogP contribution in [0.2, 0.25) is 0 Å². The molecule has 3 heterocycles. The van der Waals surface area contributed by atoms with Gasteiger partial charge in [-0.2, -0.15) is 0 Å². The Labute approximate surface area is 311 Å². The molecule has 54 heavy (non-hydrogen) atoms. The highest BCUT2D eigenvalue weighted by Crippen LogP contribution is 2.41. The molecule has 0 spiro atoms. The Morgan fingerprint density at radius 2 is 0.778 bits per heavy atom. The van der Waals surface area contributed by atoms with Gasteiger partial charge in [0.15, 0.2) is 0 Å². The number of nitrogens with zero attached hydrogens (tertiary/aromatic N) is 1. The molecule has 0 bridgehead atoms. The van der Waals surface area contributed by atoms with Crippen molar-refractivity contribution < 1.29 is 13.3 Å². The lowest BCUT2D eigenvalue weighted by atomic mass is 9.97. The van der Waals surface area contributed by atoms with Crippen molar-refractivity contribution in [2.45, 2.75) is 13.8 Å². The lowest BCUT2D eigenvalue weighted by Crippen LogP contribution is -2.10. The summed E-state index contributed by atoms with van der Waals surface area (Å²) in [5.74, 6) is 0. The summed E-state index contributed by atoms with van der Waals surface area (Å²) in [5.41, 5.74) is 15.6. The highest BCUT2D eigenvalue weighted by Gasteiger charge is 2.18. The number of hydrogen-bond acceptors (Lipinski definition) is 4. The SMILES string of the molecule is Cc1cc(C)cc(N(c2ccc(-c3cccc(-c4ccc5oc6cc7c(cc6c5c4)oc4ccccc47)c3)cc2)c2ccc3oc4ccccc4c3c2)c1. The molecule has 0 fully saturated rings. The van der Waals surface area contributed by atoms with Crippen molar-refractivity contribution in [2.24, 2.45) is 0 Å². The average Bonchev–Trinajstić information content (AvgIpc) is 3.87. The van der Waals surface area contributed by atoms with E-state index in [4.69, 9.17) is 13.3 Å². The fourth-order valence-corrected chi connectivity index (χ4v) is 8.24. The maximum atomic E-state index is 6.36. The first-order chi connectivity index (χ1) is 26.5. The lowest BCUT2D eigenvalue weighted by molar-refractivity contribution is 0.664. The number of benzene rings is 8. The lowest BCUT2D eigenvalue weighted by Gasteiger charge is -2.26. The highest BCUT2D eigenvalue weighted by atomic mass is 16.3. The van der Waals surface area contributed by atoms with Crippen LogP contribution in [0.1, 0.15) is 11.1 Å². The summed E-state index contributed by atoms with van der Waals surface area (Å²) in [5, 5.41) is 6.53. The Bertz CT molecular complexity index is 3230. The van der Waals surface area contributed by atoms with Crippen molar-refractivity contribution in [1.82, 2.24) is 0 Å². The zero-order valence-electron chi connectivity index (χ0n) is 29.8. The maximum Gasteiger partial charge on any atom is 0.136 e. The molecule has 0 aliphatic carbocycles. The van der Waals surface area contributed by atoms with Crippen LogP contribution in [0.25, 0.3) is 88.1 Å². The molecular formula is C50H33NO3. The van der Waals surface area contributed by atoms with Crippen LogP contribution >= 0.6 is 0 Å². The summed E-state index contributed by atoms with van der Waals surface area (Å²) in [7, 11) is 0. The molecule has 0 amide bonds. The van der Waals surface area contributed by atoms with E-state index in [9.17, 15) is 0 Å². The molecule has 11 aromatic rings. The number of anilines is 3. The second-order valence-electron chi connectivity index (χ2n) is 14.3. The monoisotopic (exact) mass is 695 g/mol. The third kappa shape index (κ3) is 4.91. The summed E-state index contributed by atoms with van der Waals surface area (Å²) < 4.78 is 18.8. The second-order valence-corrected chi connectivity index (χ2v) is 14.3. The molecule has 0 radical (unpaired) electrons. The van der Waals surface area contributed by atoms with Crippen LogP contribution in [0, 0.1) is 13.8 Å². The Hall–Kier alpha value is -7.04. The van der Waals surface area contributed by atoms with Gasteiger partial charge in [-0.3, -0.25) is 0 Å². The molecule has 4 nitrogen and oxygen atoms in total. The van der Waals surface area contributed by atoms with Gasteiger partial charge in [-0.25, -0.2) is 0 Å². The van der Waals surface area contributed by atoms with E-state index < -0.39 is 0 Å². The molecule has 3 aromatic heterocycles. The van der Waals surface area contributed by atoms with E-state index in [0.29, 0.717) is 0 Å². The van der Waals surface area contributed by atoms with Crippen molar-refractivity contribution in [1.29, 1.82) is 0 Å². The van der Waals surface area contributed by atoms with Crippen LogP contribution in [-0.4, -0.2) is 0 Å². The molecule has 256 valence electrons. The van der Waals surface area contributed by atoms with E-state index in [-0.39, 0.29) is 0 Å². The van der Waals surface area contributed by atoms with Gasteiger partial charge in [0.2, 0.25) is 0 Å². The Balaban J connectivity index is 0.968. The largest absolute Gasteiger partial charge is 0.456 e. The maximum absolute atomic E-state index is 6.36. The normalized spacial score (nSPS) is 11.9. The number of aryl methyl sites for hydroxylation is 2. The Morgan fingerprint density at radius 3 is 1.46 bits per heavy atom. The number of hydrogen-bond donors (Lipinski definition) is 0. The molecule has 0 atom stereocenters. The average molecular weight is 696 g/mol. The first kappa shape index (κ1) is 30.6. The van der Waals surface area contributed by atoms with E-state index >= 15 is 0 Å². The first-order valence-electron chi connectivity index (χ1n) is 18.3. The smallest absolute Gasteiger partial charge is 0.136 e. The highest BCUT2D eigenvalue weighted by molar-refractivity contribution is 6.15. The summed E-state index contributed by atoms with van der Waals surface area (Å²) in [6.45, 7) is 4.31. The van der Waals surface area contributed by atoms with E-state index in [1.54, 1.807) is 0 Å². The standard InChI is InChI=1S/C50H33NO3/c1-30-22-31(2)24-38(23-30)51(37-19-21-48-42(27-37)39-10-3-5-12-45(39)52-48)36-17-14-32(15-18-36)33-8-7-9-34(25-33)35-16-20-47-41(26-35)44-29-49-43(28-50(44)54-47)40-11-4-6-13-46(40)53-49/h3-29H,1-2H3. The van der Waals surface area contributed by atoms with Gasteiger partial charge < -0.3 is 18.2 Å².